The first-order valence-electron chi connectivity index (χ1n) is 7.29. The summed E-state index contributed by atoms with van der Waals surface area (Å²) >= 11 is 1.15. The Morgan fingerprint density at radius 1 is 1.42 bits per heavy atom. The second kappa shape index (κ2) is 10.2. The number of benzene rings is 1. The summed E-state index contributed by atoms with van der Waals surface area (Å²) in [6.07, 6.45) is 2.25. The number of amides is 2. The number of carbonyl (C=O) groups excluding carboxylic acids is 1. The van der Waals surface area contributed by atoms with Crippen LogP contribution >= 0.6 is 18.2 Å². The molecule has 0 spiro atoms. The summed E-state index contributed by atoms with van der Waals surface area (Å²) in [4.78, 5) is 10.6. The zero-order chi connectivity index (χ0) is 18.0. The average Bonchev–Trinajstić information content (AvgIpc) is 2.54. The molecule has 134 valence electrons. The minimum absolute atomic E-state index is 0.278. The maximum atomic E-state index is 12.7. The van der Waals surface area contributed by atoms with E-state index in [1.807, 2.05) is 6.92 Å². The Kier molecular flexibility index (Phi) is 8.67. The number of nitrogens with one attached hydrogen (secondary N) is 1. The molecule has 24 heavy (non-hydrogen) atoms. The third-order valence-electron chi connectivity index (χ3n) is 2.53. The Bertz CT molecular complexity index is 626. The van der Waals surface area contributed by atoms with Crippen molar-refractivity contribution in [2.24, 2.45) is 10.8 Å². The monoisotopic (exact) mass is 375 g/mol. The summed E-state index contributed by atoms with van der Waals surface area (Å²) in [6, 6.07) is 4.14. The number of methoxy groups -OCH3 is 1. The summed E-state index contributed by atoms with van der Waals surface area (Å²) in [5.41, 5.74) is 7.65. The first kappa shape index (κ1) is 20.3. The van der Waals surface area contributed by atoms with Gasteiger partial charge in [-0.1, -0.05) is 6.92 Å². The molecule has 0 aliphatic heterocycles. The largest absolute Gasteiger partial charge is 0.493 e. The van der Waals surface area contributed by atoms with Crippen LogP contribution in [0.15, 0.2) is 23.3 Å². The topological polar surface area (TPSA) is 112 Å². The van der Waals surface area contributed by atoms with E-state index in [2.05, 4.69) is 10.5 Å². The molecule has 3 N–H and O–H groups in total. The van der Waals surface area contributed by atoms with Crippen molar-refractivity contribution in [3.05, 3.63) is 23.8 Å². The van der Waals surface area contributed by atoms with E-state index in [1.54, 1.807) is 25.1 Å². The molecule has 0 fully saturated rings. The smallest absolute Gasteiger partial charge is 0.440 e. The minimum atomic E-state index is -3.32. The van der Waals surface area contributed by atoms with Gasteiger partial charge in [0.1, 0.15) is 0 Å². The first-order chi connectivity index (χ1) is 11.4. The number of urea groups is 1. The van der Waals surface area contributed by atoms with Gasteiger partial charge in [-0.25, -0.2) is 14.8 Å². The summed E-state index contributed by atoms with van der Waals surface area (Å²) in [5.74, 6) is 1.33. The van der Waals surface area contributed by atoms with Crippen molar-refractivity contribution in [2.75, 3.05) is 19.5 Å². The van der Waals surface area contributed by atoms with Crippen LogP contribution < -0.4 is 20.4 Å². The van der Waals surface area contributed by atoms with E-state index in [-0.39, 0.29) is 6.61 Å². The number of nitrogens with zero attached hydrogens (tertiary/aromatic N) is 1. The molecule has 8 nitrogen and oxygen atoms in total. The molecular weight excluding hydrogens is 353 g/mol. The van der Waals surface area contributed by atoms with E-state index < -0.39 is 12.8 Å². The number of hydrazone groups is 1. The van der Waals surface area contributed by atoms with Crippen molar-refractivity contribution in [3.63, 3.8) is 0 Å². The standard InChI is InChI=1S/C14H22N3O5PS/c1-4-8-24-23(19,21-5-2)22-12-7-6-11(9-13(12)20-3)10-16-17-14(15)18/h6-7,9-10H,4-5,8H2,1-3H3,(H3,15,17,18). The van der Waals surface area contributed by atoms with Gasteiger partial charge in [0.05, 0.1) is 19.9 Å². The number of hydrogen-bond acceptors (Lipinski definition) is 7. The van der Waals surface area contributed by atoms with Crippen LogP contribution in [0.4, 0.5) is 4.79 Å². The molecule has 0 radical (unpaired) electrons. The van der Waals surface area contributed by atoms with Crippen LogP contribution in [0.25, 0.3) is 0 Å². The van der Waals surface area contributed by atoms with Crippen molar-refractivity contribution in [2.45, 2.75) is 20.3 Å². The van der Waals surface area contributed by atoms with Gasteiger partial charge in [0, 0.05) is 5.75 Å². The molecule has 1 unspecified atom stereocenters. The minimum Gasteiger partial charge on any atom is -0.493 e. The molecule has 0 aliphatic carbocycles. The molecule has 0 aromatic heterocycles. The molecule has 10 heteroatoms. The van der Waals surface area contributed by atoms with Crippen molar-refractivity contribution >= 4 is 30.4 Å². The van der Waals surface area contributed by atoms with Gasteiger partial charge in [0.25, 0.3) is 0 Å². The van der Waals surface area contributed by atoms with Crippen LogP contribution in [-0.2, 0) is 9.09 Å². The molecule has 1 rings (SSSR count). The highest BCUT2D eigenvalue weighted by Crippen LogP contribution is 2.61. The van der Waals surface area contributed by atoms with Crippen molar-refractivity contribution in [1.29, 1.82) is 0 Å². The molecule has 1 aromatic carbocycles. The first-order valence-corrected chi connectivity index (χ1v) is 10.4. The van der Waals surface area contributed by atoms with Crippen molar-refractivity contribution < 1.29 is 23.1 Å². The lowest BCUT2D eigenvalue weighted by Gasteiger charge is -2.19. The van der Waals surface area contributed by atoms with Gasteiger partial charge in [-0.2, -0.15) is 5.10 Å². The van der Waals surface area contributed by atoms with Crippen molar-refractivity contribution in [1.82, 2.24) is 5.43 Å². The van der Waals surface area contributed by atoms with Gasteiger partial charge in [-0.3, -0.25) is 4.52 Å². The van der Waals surface area contributed by atoms with Crippen LogP contribution in [-0.4, -0.2) is 31.7 Å². The fourth-order valence-corrected chi connectivity index (χ4v) is 5.03. The fraction of sp³-hybridized carbons (Fsp3) is 0.429. The van der Waals surface area contributed by atoms with E-state index in [9.17, 15) is 9.36 Å². The Labute approximate surface area is 145 Å². The number of primary amides is 1. The van der Waals surface area contributed by atoms with E-state index >= 15 is 0 Å². The second-order valence-electron chi connectivity index (χ2n) is 4.43. The Hall–Kier alpha value is -1.70. The molecule has 0 saturated heterocycles. The normalized spacial score (nSPS) is 13.5. The molecule has 0 heterocycles. The van der Waals surface area contributed by atoms with E-state index in [1.165, 1.54) is 13.3 Å². The molecule has 0 aliphatic rings. The highest BCUT2D eigenvalue weighted by molar-refractivity contribution is 8.55. The van der Waals surface area contributed by atoms with Gasteiger partial charge in [-0.15, -0.1) is 0 Å². The van der Waals surface area contributed by atoms with E-state index in [0.717, 1.165) is 17.8 Å². The van der Waals surface area contributed by atoms with Gasteiger partial charge in [0.2, 0.25) is 0 Å². The number of hydrogen-bond donors (Lipinski definition) is 2. The number of ether oxygens (including phenoxy) is 1. The van der Waals surface area contributed by atoms with Crippen molar-refractivity contribution in [3.8, 4) is 11.5 Å². The quantitative estimate of drug-likeness (QED) is 0.368. The lowest BCUT2D eigenvalue weighted by Crippen LogP contribution is -2.24. The summed E-state index contributed by atoms with van der Waals surface area (Å²) in [6.45, 7) is 0.699. The molecule has 1 atom stereocenters. The molecule has 0 saturated carbocycles. The lowest BCUT2D eigenvalue weighted by molar-refractivity contribution is 0.249. The van der Waals surface area contributed by atoms with Crippen LogP contribution in [0.1, 0.15) is 25.8 Å². The zero-order valence-corrected chi connectivity index (χ0v) is 15.6. The summed E-state index contributed by atoms with van der Waals surface area (Å²) < 4.78 is 28.9. The van der Waals surface area contributed by atoms with Crippen LogP contribution in [0.2, 0.25) is 0 Å². The molecule has 1 aromatic rings. The highest BCUT2D eigenvalue weighted by atomic mass is 32.7. The average molecular weight is 375 g/mol. The molecule has 2 amide bonds. The van der Waals surface area contributed by atoms with Gasteiger partial charge >= 0.3 is 12.8 Å². The van der Waals surface area contributed by atoms with Crippen LogP contribution in [0.3, 0.4) is 0 Å². The fourth-order valence-electron chi connectivity index (χ4n) is 1.58. The lowest BCUT2D eigenvalue weighted by atomic mass is 10.2. The third-order valence-corrected chi connectivity index (χ3v) is 6.46. The van der Waals surface area contributed by atoms with Gasteiger partial charge < -0.3 is 15.0 Å². The third kappa shape index (κ3) is 6.82. The predicted molar refractivity (Wildman–Crippen MR) is 95.9 cm³/mol. The van der Waals surface area contributed by atoms with Crippen LogP contribution in [0.5, 0.6) is 11.5 Å². The van der Waals surface area contributed by atoms with E-state index in [0.29, 0.717) is 22.8 Å². The Morgan fingerprint density at radius 2 is 2.17 bits per heavy atom. The highest BCUT2D eigenvalue weighted by Gasteiger charge is 2.27. The number of rotatable bonds is 10. The van der Waals surface area contributed by atoms with Crippen LogP contribution in [0, 0.1) is 0 Å². The molecular formula is C14H22N3O5PS. The SMILES string of the molecule is CCCSP(=O)(OCC)Oc1ccc(C=NNC(N)=O)cc1OC. The maximum Gasteiger partial charge on any atom is 0.440 e. The number of nitrogens with two attached hydrogens (primary N) is 1. The maximum absolute atomic E-state index is 12.7. The number of carbonyl (C=O) groups is 1. The Balaban J connectivity index is 2.96. The summed E-state index contributed by atoms with van der Waals surface area (Å²) in [5, 5.41) is 3.66. The van der Waals surface area contributed by atoms with E-state index in [4.69, 9.17) is 19.5 Å². The second-order valence-corrected chi connectivity index (χ2v) is 8.55. The zero-order valence-electron chi connectivity index (χ0n) is 13.9. The predicted octanol–water partition coefficient (Wildman–Crippen LogP) is 3.36. The summed E-state index contributed by atoms with van der Waals surface area (Å²) in [7, 11) is 1.47. The Morgan fingerprint density at radius 3 is 2.75 bits per heavy atom. The molecule has 0 bridgehead atoms. The van der Waals surface area contributed by atoms with Gasteiger partial charge in [0.15, 0.2) is 11.5 Å². The van der Waals surface area contributed by atoms with Gasteiger partial charge in [-0.05, 0) is 48.5 Å².